The monoisotopic (exact) mass is 1110 g/mol. The molecular weight excluding hydrogens is 1050 g/mol. The van der Waals surface area contributed by atoms with Gasteiger partial charge in [0.15, 0.2) is 0 Å². The number of carboxylic acid groups (broad SMARTS) is 1. The number of aliphatic hydroxyl groups is 1. The highest BCUT2D eigenvalue weighted by Crippen LogP contribution is 2.42. The standard InChI is InChI=1S/C51H58F8N10O9/c1-27-64-65-45(78-27)31-18-36(52)35(37(53)19-31)23-68(66-44(72)42(62-46(73)74)49(4,5)51(57,58)59)24-39(70)38(61-43(71)41(63-47(75)76-6)48(2,3)50(54,55)56)17-29-10-7-28(8-11-29)9-12-30-13-16-40(60-20-30)67-21-32-14-15-33(22-67)69(32)34-25-77-26-34/h7-8,10-11,13,16,18-20,32-34,38-39,41-42,62,70H,14-15,17,21-26H2,1-6H3,(H,61,71)(H,63,75)(H,66,72)(H,73,74)/t32?,33?,38-,39-,41+,42+/m0/s1. The third-order valence-electron chi connectivity index (χ3n) is 14.3. The smallest absolute Gasteiger partial charge is 0.407 e. The number of pyridine rings is 1. The Hall–Kier alpha value is -7.15. The van der Waals surface area contributed by atoms with Crippen molar-refractivity contribution in [3.05, 3.63) is 94.5 Å². The Morgan fingerprint density at radius 1 is 0.821 bits per heavy atom. The van der Waals surface area contributed by atoms with Crippen molar-refractivity contribution in [3.63, 3.8) is 0 Å². The SMILES string of the molecule is COC(=O)N[C@H](C(=O)N[C@@H](Cc1ccc(C#Cc2ccc(N3CC4CCC(C3)N4C3COC3)nc2)cc1)[C@@H](O)CN(Cc1c(F)cc(-c2nnc(C)o2)cc1F)NC(=O)[C@@H](NC(=O)O)C(C)(C)C(F)(F)F)C(C)(C)C(F)(F)F. The summed E-state index contributed by atoms with van der Waals surface area (Å²) in [5.41, 5.74) is -3.94. The molecule has 6 atom stereocenters. The van der Waals surface area contributed by atoms with E-state index in [4.69, 9.17) is 9.15 Å². The van der Waals surface area contributed by atoms with Gasteiger partial charge < -0.3 is 45.0 Å². The largest absolute Gasteiger partial charge is 0.465 e. The average Bonchev–Trinajstić information content (AvgIpc) is 3.94. The normalized spacial score (nSPS) is 18.7. The van der Waals surface area contributed by atoms with Crippen molar-refractivity contribution in [1.82, 2.24) is 46.5 Å². The highest BCUT2D eigenvalue weighted by molar-refractivity contribution is 5.87. The Balaban J connectivity index is 1.17. The lowest BCUT2D eigenvalue weighted by Gasteiger charge is -2.47. The number of aromatic nitrogens is 3. The number of anilines is 1. The Labute approximate surface area is 442 Å². The molecule has 0 radical (unpaired) electrons. The van der Waals surface area contributed by atoms with Crippen molar-refractivity contribution >= 4 is 29.8 Å². The summed E-state index contributed by atoms with van der Waals surface area (Å²) in [7, 11) is 0.831. The summed E-state index contributed by atoms with van der Waals surface area (Å²) in [4.78, 5) is 61.6. The third kappa shape index (κ3) is 13.4. The van der Waals surface area contributed by atoms with Crippen molar-refractivity contribution in [1.29, 1.82) is 0 Å². The number of halogens is 8. The van der Waals surface area contributed by atoms with Crippen molar-refractivity contribution in [2.75, 3.05) is 44.9 Å². The van der Waals surface area contributed by atoms with Crippen LogP contribution in [0.5, 0.6) is 0 Å². The lowest BCUT2D eigenvalue weighted by molar-refractivity contribution is -0.221. The highest BCUT2D eigenvalue weighted by atomic mass is 19.4. The summed E-state index contributed by atoms with van der Waals surface area (Å²) in [5, 5.41) is 35.0. The summed E-state index contributed by atoms with van der Waals surface area (Å²) >= 11 is 0. The Bertz CT molecular complexity index is 2840. The molecule has 3 fully saturated rings. The molecule has 4 aromatic rings. The van der Waals surface area contributed by atoms with Crippen LogP contribution in [0.15, 0.2) is 59.1 Å². The van der Waals surface area contributed by atoms with Crippen LogP contribution < -0.4 is 26.3 Å². The zero-order chi connectivity index (χ0) is 57.1. The first-order chi connectivity index (χ1) is 36.6. The number of rotatable bonds is 18. The number of ether oxygens (including phenoxy) is 2. The molecule has 2 aromatic heterocycles. The Morgan fingerprint density at radius 3 is 1.90 bits per heavy atom. The van der Waals surface area contributed by atoms with Crippen LogP contribution in [0.25, 0.3) is 11.5 Å². The molecule has 4 amide bonds. The number of alkyl carbamates (subject to hydrolysis) is 1. The summed E-state index contributed by atoms with van der Waals surface area (Å²) in [6.07, 6.45) is -12.6. The van der Waals surface area contributed by atoms with Gasteiger partial charge in [0.05, 0.1) is 49.3 Å². The third-order valence-corrected chi connectivity index (χ3v) is 14.3. The minimum Gasteiger partial charge on any atom is -0.465 e. The number of aliphatic hydroxyl groups excluding tert-OH is 1. The molecule has 19 nitrogen and oxygen atoms in total. The number of nitrogens with one attached hydrogen (secondary N) is 4. The number of piperazine rings is 1. The number of amides is 4. The maximum atomic E-state index is 15.9. The van der Waals surface area contributed by atoms with E-state index in [0.717, 1.165) is 64.2 Å². The molecule has 3 aliphatic heterocycles. The quantitative estimate of drug-likeness (QED) is 0.0403. The minimum absolute atomic E-state index is 0.0333. The van der Waals surface area contributed by atoms with Crippen molar-refractivity contribution in [3.8, 4) is 23.3 Å². The number of hydrogen-bond donors (Lipinski definition) is 6. The second-order valence-corrected chi connectivity index (χ2v) is 20.5. The maximum absolute atomic E-state index is 15.9. The summed E-state index contributed by atoms with van der Waals surface area (Å²) < 4.78 is 134. The molecule has 5 heterocycles. The molecule has 0 aliphatic carbocycles. The molecule has 7 rings (SSSR count). The molecule has 2 bridgehead atoms. The molecule has 422 valence electrons. The number of carbonyl (C=O) groups excluding carboxylic acids is 3. The van der Waals surface area contributed by atoms with Crippen LogP contribution >= 0.6 is 0 Å². The summed E-state index contributed by atoms with van der Waals surface area (Å²) in [5.74, 6) is 0.677. The first-order valence-corrected chi connectivity index (χ1v) is 24.5. The molecule has 78 heavy (non-hydrogen) atoms. The van der Waals surface area contributed by atoms with E-state index in [1.807, 2.05) is 22.9 Å². The van der Waals surface area contributed by atoms with Crippen LogP contribution in [0.4, 0.5) is 50.5 Å². The molecule has 6 N–H and O–H groups in total. The number of carbonyl (C=O) groups is 4. The van der Waals surface area contributed by atoms with Gasteiger partial charge in [-0.3, -0.25) is 19.9 Å². The number of hydrazine groups is 1. The van der Waals surface area contributed by atoms with E-state index in [2.05, 4.69) is 46.9 Å². The number of hydrogen-bond acceptors (Lipinski definition) is 14. The van der Waals surface area contributed by atoms with Gasteiger partial charge in [0, 0.05) is 73.6 Å². The second-order valence-electron chi connectivity index (χ2n) is 20.5. The van der Waals surface area contributed by atoms with Gasteiger partial charge in [-0.1, -0.05) is 24.0 Å². The Morgan fingerprint density at radius 2 is 1.40 bits per heavy atom. The van der Waals surface area contributed by atoms with Crippen molar-refractivity contribution in [2.24, 2.45) is 10.8 Å². The van der Waals surface area contributed by atoms with E-state index in [0.29, 0.717) is 67.5 Å². The maximum Gasteiger partial charge on any atom is 0.407 e. The highest BCUT2D eigenvalue weighted by Gasteiger charge is 2.57. The Kier molecular flexibility index (Phi) is 17.6. The topological polar surface area (TPSA) is 237 Å². The molecular formula is C51H58F8N10O9. The van der Waals surface area contributed by atoms with Crippen LogP contribution in [0.2, 0.25) is 0 Å². The van der Waals surface area contributed by atoms with Gasteiger partial charge in [0.1, 0.15) is 29.5 Å². The zero-order valence-electron chi connectivity index (χ0n) is 43.1. The molecule has 27 heteroatoms. The van der Waals surface area contributed by atoms with Crippen LogP contribution in [-0.4, -0.2) is 154 Å². The molecule has 3 saturated heterocycles. The van der Waals surface area contributed by atoms with Gasteiger partial charge in [-0.25, -0.2) is 28.4 Å². The van der Waals surface area contributed by atoms with E-state index < -0.39 is 108 Å². The lowest BCUT2D eigenvalue weighted by atomic mass is 9.82. The van der Waals surface area contributed by atoms with Gasteiger partial charge in [0.2, 0.25) is 17.7 Å². The van der Waals surface area contributed by atoms with Crippen LogP contribution in [0, 0.1) is 41.2 Å². The van der Waals surface area contributed by atoms with Gasteiger partial charge in [0.25, 0.3) is 5.91 Å². The fraction of sp³-hybridized carbons (Fsp3) is 0.510. The first-order valence-electron chi connectivity index (χ1n) is 24.5. The number of benzene rings is 2. The fourth-order valence-corrected chi connectivity index (χ4v) is 9.41. The minimum atomic E-state index is -5.25. The molecule has 3 aliphatic rings. The van der Waals surface area contributed by atoms with E-state index in [-0.39, 0.29) is 17.3 Å². The summed E-state index contributed by atoms with van der Waals surface area (Å²) in [6.45, 7) is 4.62. The second kappa shape index (κ2) is 23.4. The summed E-state index contributed by atoms with van der Waals surface area (Å²) in [6, 6.07) is 5.84. The van der Waals surface area contributed by atoms with Crippen LogP contribution in [0.1, 0.15) is 68.7 Å². The number of methoxy groups -OCH3 is 1. The van der Waals surface area contributed by atoms with E-state index >= 15 is 8.78 Å². The number of aryl methyl sites for hydroxylation is 1. The van der Waals surface area contributed by atoms with Crippen molar-refractivity contribution < 1.29 is 78.4 Å². The van der Waals surface area contributed by atoms with Crippen LogP contribution in [0.3, 0.4) is 0 Å². The van der Waals surface area contributed by atoms with Crippen LogP contribution in [-0.2, 0) is 32.0 Å². The number of nitrogens with zero attached hydrogens (tertiary/aromatic N) is 6. The number of alkyl halides is 6. The van der Waals surface area contributed by atoms with E-state index in [1.54, 1.807) is 18.3 Å². The molecule has 0 saturated carbocycles. The van der Waals surface area contributed by atoms with E-state index in [1.165, 1.54) is 24.4 Å². The predicted molar refractivity (Wildman–Crippen MR) is 261 cm³/mol. The van der Waals surface area contributed by atoms with Gasteiger partial charge in [-0.05, 0) is 88.9 Å². The average molecular weight is 1110 g/mol. The molecule has 2 unspecified atom stereocenters. The zero-order valence-corrected chi connectivity index (χ0v) is 43.1. The first kappa shape index (κ1) is 58.5. The molecule has 0 spiro atoms. The van der Waals surface area contributed by atoms with Gasteiger partial charge in [-0.2, -0.15) is 26.3 Å². The predicted octanol–water partition coefficient (Wildman–Crippen LogP) is 5.63. The molecule has 2 aromatic carbocycles. The van der Waals surface area contributed by atoms with Gasteiger partial charge in [-0.15, -0.1) is 10.2 Å². The van der Waals surface area contributed by atoms with Gasteiger partial charge >= 0.3 is 24.5 Å². The lowest BCUT2D eigenvalue weighted by Crippen LogP contribution is -2.63. The number of fused-ring (bicyclic) bond motifs is 2. The fourth-order valence-electron chi connectivity index (χ4n) is 9.41. The van der Waals surface area contributed by atoms with E-state index in [9.17, 15) is 55.7 Å². The van der Waals surface area contributed by atoms with Crippen molar-refractivity contribution in [2.45, 2.75) is 115 Å².